The fraction of sp³-hybridized carbons (Fsp3) is 0.208. The quantitative estimate of drug-likeness (QED) is 0.597. The first-order valence-electron chi connectivity index (χ1n) is 9.44. The second-order valence-corrected chi connectivity index (χ2v) is 6.46. The number of rotatable bonds is 8. The van der Waals surface area contributed by atoms with Crippen LogP contribution in [0.2, 0.25) is 0 Å². The summed E-state index contributed by atoms with van der Waals surface area (Å²) < 4.78 is 11.1. The van der Waals surface area contributed by atoms with Crippen LogP contribution in [0.15, 0.2) is 72.8 Å². The molecule has 0 aromatic heterocycles. The lowest BCUT2D eigenvalue weighted by Gasteiger charge is -2.12. The van der Waals surface area contributed by atoms with E-state index in [-0.39, 0.29) is 5.91 Å². The fourth-order valence-corrected chi connectivity index (χ4v) is 2.88. The summed E-state index contributed by atoms with van der Waals surface area (Å²) in [5.74, 6) is 1.29. The average Bonchev–Trinajstić information content (AvgIpc) is 2.77. The highest BCUT2D eigenvalue weighted by atomic mass is 16.5. The smallest absolute Gasteiger partial charge is 0.251 e. The van der Waals surface area contributed by atoms with Crippen molar-refractivity contribution >= 4 is 5.91 Å². The predicted molar refractivity (Wildman–Crippen MR) is 112 cm³/mol. The van der Waals surface area contributed by atoms with Crippen molar-refractivity contribution in [1.82, 2.24) is 5.32 Å². The Kier molecular flexibility index (Phi) is 6.68. The van der Waals surface area contributed by atoms with Gasteiger partial charge in [0.1, 0.15) is 0 Å². The SMILES string of the molecule is CCCOc1ccc(CNC(=O)c2ccc(-c3ccccc3)cc2)cc1OC. The maximum absolute atomic E-state index is 12.5. The van der Waals surface area contributed by atoms with Crippen molar-refractivity contribution < 1.29 is 14.3 Å². The Morgan fingerprint density at radius 1 is 0.893 bits per heavy atom. The van der Waals surface area contributed by atoms with Gasteiger partial charge in [0.15, 0.2) is 11.5 Å². The molecule has 0 aliphatic rings. The minimum atomic E-state index is -0.107. The summed E-state index contributed by atoms with van der Waals surface area (Å²) >= 11 is 0. The van der Waals surface area contributed by atoms with Crippen molar-refractivity contribution in [2.75, 3.05) is 13.7 Å². The van der Waals surface area contributed by atoms with Crippen molar-refractivity contribution in [3.63, 3.8) is 0 Å². The van der Waals surface area contributed by atoms with Crippen molar-refractivity contribution in [2.45, 2.75) is 19.9 Å². The van der Waals surface area contributed by atoms with Crippen LogP contribution in [-0.4, -0.2) is 19.6 Å². The maximum atomic E-state index is 12.5. The van der Waals surface area contributed by atoms with Gasteiger partial charge < -0.3 is 14.8 Å². The Hall–Kier alpha value is -3.27. The lowest BCUT2D eigenvalue weighted by Crippen LogP contribution is -2.22. The molecule has 3 aromatic carbocycles. The molecule has 28 heavy (non-hydrogen) atoms. The van der Waals surface area contributed by atoms with E-state index < -0.39 is 0 Å². The van der Waals surface area contributed by atoms with Gasteiger partial charge in [-0.1, -0.05) is 55.5 Å². The Balaban J connectivity index is 1.62. The Labute approximate surface area is 166 Å². The maximum Gasteiger partial charge on any atom is 0.251 e. The van der Waals surface area contributed by atoms with Crippen LogP contribution in [0.5, 0.6) is 11.5 Å². The minimum absolute atomic E-state index is 0.107. The van der Waals surface area contributed by atoms with Crippen LogP contribution in [0.4, 0.5) is 0 Å². The van der Waals surface area contributed by atoms with Crippen LogP contribution in [0.25, 0.3) is 11.1 Å². The summed E-state index contributed by atoms with van der Waals surface area (Å²) in [5, 5.41) is 2.95. The molecular weight excluding hydrogens is 350 g/mol. The van der Waals surface area contributed by atoms with Gasteiger partial charge in [0, 0.05) is 12.1 Å². The molecule has 0 unspecified atom stereocenters. The molecule has 4 heteroatoms. The number of hydrogen-bond acceptors (Lipinski definition) is 3. The summed E-state index contributed by atoms with van der Waals surface area (Å²) in [7, 11) is 1.62. The molecule has 0 spiro atoms. The minimum Gasteiger partial charge on any atom is -0.493 e. The van der Waals surface area contributed by atoms with E-state index in [2.05, 4.69) is 24.4 Å². The standard InChI is InChI=1S/C24H25NO3/c1-3-15-28-22-14-9-18(16-23(22)27-2)17-25-24(26)21-12-10-20(11-13-21)19-7-5-4-6-8-19/h4-14,16H,3,15,17H2,1-2H3,(H,25,26). The molecule has 0 saturated carbocycles. The molecule has 0 atom stereocenters. The summed E-state index contributed by atoms with van der Waals surface area (Å²) in [4.78, 5) is 12.5. The first-order valence-corrected chi connectivity index (χ1v) is 9.44. The zero-order valence-corrected chi connectivity index (χ0v) is 16.3. The van der Waals surface area contributed by atoms with Crippen LogP contribution in [0, 0.1) is 0 Å². The molecule has 0 aliphatic carbocycles. The molecule has 144 valence electrons. The number of ether oxygens (including phenoxy) is 2. The van der Waals surface area contributed by atoms with Gasteiger partial charge in [0.25, 0.3) is 5.91 Å². The van der Waals surface area contributed by atoms with E-state index in [0.29, 0.717) is 24.5 Å². The largest absolute Gasteiger partial charge is 0.493 e. The molecule has 0 aliphatic heterocycles. The van der Waals surface area contributed by atoms with Gasteiger partial charge in [0.05, 0.1) is 13.7 Å². The van der Waals surface area contributed by atoms with E-state index in [9.17, 15) is 4.79 Å². The first-order chi connectivity index (χ1) is 13.7. The Bertz CT molecular complexity index is 905. The molecule has 1 N–H and O–H groups in total. The molecule has 0 saturated heterocycles. The van der Waals surface area contributed by atoms with Crippen LogP contribution in [0.1, 0.15) is 29.3 Å². The van der Waals surface area contributed by atoms with Crippen molar-refractivity contribution in [3.05, 3.63) is 83.9 Å². The zero-order chi connectivity index (χ0) is 19.8. The number of nitrogens with one attached hydrogen (secondary N) is 1. The highest BCUT2D eigenvalue weighted by Gasteiger charge is 2.09. The number of amides is 1. The summed E-state index contributed by atoms with van der Waals surface area (Å²) in [6, 6.07) is 23.4. The van der Waals surface area contributed by atoms with Crippen LogP contribution >= 0.6 is 0 Å². The molecule has 0 fully saturated rings. The third-order valence-corrected chi connectivity index (χ3v) is 4.40. The van der Waals surface area contributed by atoms with Gasteiger partial charge in [0.2, 0.25) is 0 Å². The molecule has 4 nitrogen and oxygen atoms in total. The molecular formula is C24H25NO3. The number of carbonyl (C=O) groups excluding carboxylic acids is 1. The van der Waals surface area contributed by atoms with E-state index in [1.54, 1.807) is 7.11 Å². The van der Waals surface area contributed by atoms with E-state index in [4.69, 9.17) is 9.47 Å². The van der Waals surface area contributed by atoms with Gasteiger partial charge in [-0.15, -0.1) is 0 Å². The predicted octanol–water partition coefficient (Wildman–Crippen LogP) is 5.08. The molecule has 0 heterocycles. The summed E-state index contributed by atoms with van der Waals surface area (Å²) in [6.45, 7) is 3.12. The average molecular weight is 375 g/mol. The van der Waals surface area contributed by atoms with Crippen molar-refractivity contribution in [2.24, 2.45) is 0 Å². The Morgan fingerprint density at radius 2 is 1.61 bits per heavy atom. The second-order valence-electron chi connectivity index (χ2n) is 6.46. The molecule has 3 aromatic rings. The highest BCUT2D eigenvalue weighted by Crippen LogP contribution is 2.28. The van der Waals surface area contributed by atoms with Gasteiger partial charge >= 0.3 is 0 Å². The number of methoxy groups -OCH3 is 1. The fourth-order valence-electron chi connectivity index (χ4n) is 2.88. The zero-order valence-electron chi connectivity index (χ0n) is 16.3. The monoisotopic (exact) mass is 375 g/mol. The van der Waals surface area contributed by atoms with E-state index in [1.165, 1.54) is 0 Å². The lowest BCUT2D eigenvalue weighted by molar-refractivity contribution is 0.0951. The first kappa shape index (κ1) is 19.5. The van der Waals surface area contributed by atoms with Crippen molar-refractivity contribution in [1.29, 1.82) is 0 Å². The van der Waals surface area contributed by atoms with Gasteiger partial charge in [-0.2, -0.15) is 0 Å². The van der Waals surface area contributed by atoms with Gasteiger partial charge in [-0.05, 0) is 47.4 Å². The second kappa shape index (κ2) is 9.60. The highest BCUT2D eigenvalue weighted by molar-refractivity contribution is 5.94. The van der Waals surface area contributed by atoms with E-state index >= 15 is 0 Å². The summed E-state index contributed by atoms with van der Waals surface area (Å²) in [5.41, 5.74) is 3.81. The van der Waals surface area contributed by atoms with Crippen LogP contribution < -0.4 is 14.8 Å². The lowest BCUT2D eigenvalue weighted by atomic mass is 10.0. The number of hydrogen-bond donors (Lipinski definition) is 1. The topological polar surface area (TPSA) is 47.6 Å². The third kappa shape index (κ3) is 4.92. The molecule has 1 amide bonds. The van der Waals surface area contributed by atoms with E-state index in [1.807, 2.05) is 60.7 Å². The van der Waals surface area contributed by atoms with E-state index in [0.717, 1.165) is 28.9 Å². The molecule has 0 radical (unpaired) electrons. The normalized spacial score (nSPS) is 10.4. The molecule has 3 rings (SSSR count). The van der Waals surface area contributed by atoms with Crippen molar-refractivity contribution in [3.8, 4) is 22.6 Å². The Morgan fingerprint density at radius 3 is 2.29 bits per heavy atom. The number of benzene rings is 3. The van der Waals surface area contributed by atoms with Gasteiger partial charge in [-0.3, -0.25) is 4.79 Å². The number of carbonyl (C=O) groups is 1. The third-order valence-electron chi connectivity index (χ3n) is 4.40. The van der Waals surface area contributed by atoms with Gasteiger partial charge in [-0.25, -0.2) is 0 Å². The van der Waals surface area contributed by atoms with Crippen LogP contribution in [-0.2, 0) is 6.54 Å². The summed E-state index contributed by atoms with van der Waals surface area (Å²) in [6.07, 6.45) is 0.935. The van der Waals surface area contributed by atoms with Crippen LogP contribution in [0.3, 0.4) is 0 Å². The molecule has 0 bridgehead atoms.